The number of aromatic nitrogens is 3. The number of aromatic amines is 1. The number of para-hydroxylation sites is 1. The Hall–Kier alpha value is -3.65. The van der Waals surface area contributed by atoms with Crippen molar-refractivity contribution in [2.45, 2.75) is 20.0 Å². The molecule has 0 spiro atoms. The van der Waals surface area contributed by atoms with Gasteiger partial charge in [-0.2, -0.15) is 0 Å². The van der Waals surface area contributed by atoms with Crippen LogP contribution >= 0.6 is 15.9 Å². The number of imidazole rings is 1. The van der Waals surface area contributed by atoms with Gasteiger partial charge in [-0.15, -0.1) is 0 Å². The van der Waals surface area contributed by atoms with E-state index in [-0.39, 0.29) is 6.54 Å². The largest absolute Gasteiger partial charge is 0.384 e. The van der Waals surface area contributed by atoms with Crippen molar-refractivity contribution in [3.8, 4) is 22.4 Å². The number of anilines is 1. The second-order valence-corrected chi connectivity index (χ2v) is 9.73. The first kappa shape index (κ1) is 21.9. The molecule has 6 aromatic rings. The molecule has 7 N–H and O–H groups in total. The average molecular weight is 525 g/mol. The summed E-state index contributed by atoms with van der Waals surface area (Å²) in [5, 5.41) is 1.09. The minimum absolute atomic E-state index is 0.273. The minimum atomic E-state index is 0.273. The number of nitrogen functional groups attached to an aromatic ring is 1. The van der Waals surface area contributed by atoms with Crippen molar-refractivity contribution in [1.29, 1.82) is 0 Å². The molecule has 35 heavy (non-hydrogen) atoms. The number of benzene rings is 3. The first-order valence-electron chi connectivity index (χ1n) is 11.5. The van der Waals surface area contributed by atoms with Crippen molar-refractivity contribution in [1.82, 2.24) is 14.4 Å². The Morgan fingerprint density at radius 2 is 1.66 bits per heavy atom. The minimum Gasteiger partial charge on any atom is -0.384 e. The number of H-pyrrole nitrogens is 1. The molecule has 3 aromatic heterocycles. The summed E-state index contributed by atoms with van der Waals surface area (Å²) in [6.45, 7) is 2.63. The van der Waals surface area contributed by atoms with Crippen molar-refractivity contribution in [2.24, 2.45) is 11.5 Å². The third-order valence-corrected chi connectivity index (χ3v) is 7.26. The van der Waals surface area contributed by atoms with Gasteiger partial charge in [0.15, 0.2) is 0 Å². The molecule has 6 nitrogen and oxygen atoms in total. The van der Waals surface area contributed by atoms with Crippen LogP contribution < -0.4 is 17.2 Å². The maximum absolute atomic E-state index is 6.85. The van der Waals surface area contributed by atoms with E-state index in [0.29, 0.717) is 12.4 Å². The van der Waals surface area contributed by atoms with Crippen LogP contribution in [0, 0.1) is 6.92 Å². The monoisotopic (exact) mass is 524 g/mol. The van der Waals surface area contributed by atoms with Crippen molar-refractivity contribution in [2.75, 3.05) is 5.73 Å². The molecule has 0 amide bonds. The highest BCUT2D eigenvalue weighted by Gasteiger charge is 2.25. The molecule has 6 rings (SSSR count). The Labute approximate surface area is 210 Å². The Bertz CT molecular complexity index is 1740. The van der Waals surface area contributed by atoms with E-state index in [1.165, 1.54) is 0 Å². The van der Waals surface area contributed by atoms with Crippen LogP contribution in [0.5, 0.6) is 0 Å². The van der Waals surface area contributed by atoms with Gasteiger partial charge in [0.05, 0.1) is 16.7 Å². The molecule has 0 atom stereocenters. The predicted octanol–water partition coefficient (Wildman–Crippen LogP) is 5.87. The summed E-state index contributed by atoms with van der Waals surface area (Å²) in [5.74, 6) is 0.591. The average Bonchev–Trinajstić information content (AvgIpc) is 3.42. The summed E-state index contributed by atoms with van der Waals surface area (Å²) in [7, 11) is 0. The van der Waals surface area contributed by atoms with Crippen molar-refractivity contribution >= 4 is 49.3 Å². The summed E-state index contributed by atoms with van der Waals surface area (Å²) in [6, 6.07) is 22.7. The molecule has 0 radical (unpaired) electrons. The predicted molar refractivity (Wildman–Crippen MR) is 148 cm³/mol. The molecule has 0 fully saturated rings. The molecule has 3 heterocycles. The van der Waals surface area contributed by atoms with Gasteiger partial charge < -0.3 is 22.2 Å². The van der Waals surface area contributed by atoms with Crippen LogP contribution in [0.2, 0.25) is 0 Å². The van der Waals surface area contributed by atoms with Gasteiger partial charge in [0.1, 0.15) is 11.5 Å². The molecule has 3 aromatic carbocycles. The lowest BCUT2D eigenvalue weighted by Gasteiger charge is -2.19. The third kappa shape index (κ3) is 3.27. The van der Waals surface area contributed by atoms with Crippen LogP contribution in [0.1, 0.15) is 16.7 Å². The van der Waals surface area contributed by atoms with Crippen molar-refractivity contribution < 1.29 is 0 Å². The van der Waals surface area contributed by atoms with Gasteiger partial charge in [0.2, 0.25) is 0 Å². The molecule has 0 aliphatic carbocycles. The number of rotatable bonds is 4. The number of halogens is 1. The Kier molecular flexibility index (Phi) is 5.14. The van der Waals surface area contributed by atoms with Crippen LogP contribution in [0.15, 0.2) is 71.2 Å². The molecular formula is C28H25BrN6. The molecule has 0 aliphatic rings. The normalized spacial score (nSPS) is 11.8. The maximum Gasteiger partial charge on any atom is 0.144 e. The fraction of sp³-hybridized carbons (Fsp3) is 0.107. The molecule has 0 saturated carbocycles. The lowest BCUT2D eigenvalue weighted by molar-refractivity contribution is 1.00. The second-order valence-electron chi connectivity index (χ2n) is 8.82. The third-order valence-electron chi connectivity index (χ3n) is 6.73. The number of pyridine rings is 1. The molecule has 0 bridgehead atoms. The van der Waals surface area contributed by atoms with Crippen LogP contribution in [0.3, 0.4) is 0 Å². The van der Waals surface area contributed by atoms with Gasteiger partial charge in [-0.05, 0) is 48.4 Å². The number of hydrogen-bond acceptors (Lipinski definition) is 4. The number of nitrogens with zero attached hydrogens (tertiary/aromatic N) is 2. The number of aryl methyl sites for hydroxylation is 1. The fourth-order valence-electron chi connectivity index (χ4n) is 5.13. The quantitative estimate of drug-likeness (QED) is 0.231. The first-order chi connectivity index (χ1) is 17.0. The van der Waals surface area contributed by atoms with Gasteiger partial charge in [-0.25, -0.2) is 4.98 Å². The summed E-state index contributed by atoms with van der Waals surface area (Å²) < 4.78 is 3.02. The number of fused-ring (bicyclic) bond motifs is 4. The molecule has 174 valence electrons. The van der Waals surface area contributed by atoms with Crippen LogP contribution in [0.4, 0.5) is 5.82 Å². The highest BCUT2D eigenvalue weighted by Crippen LogP contribution is 2.44. The van der Waals surface area contributed by atoms with Crippen molar-refractivity contribution in [3.63, 3.8) is 0 Å². The van der Waals surface area contributed by atoms with E-state index in [2.05, 4.69) is 70.3 Å². The highest BCUT2D eigenvalue weighted by atomic mass is 79.9. The van der Waals surface area contributed by atoms with Crippen LogP contribution in [0.25, 0.3) is 50.0 Å². The highest BCUT2D eigenvalue weighted by molar-refractivity contribution is 9.10. The van der Waals surface area contributed by atoms with Crippen LogP contribution in [-0.4, -0.2) is 14.4 Å². The SMILES string of the molecule is Cc1ccc2c(c1)nc1c(CN)c(-c3c(-c4ccc(Br)cc4)[nH]c4ccccc34)c(CN)c(N)n12. The number of nitrogens with two attached hydrogens (primary N) is 3. The molecule has 0 unspecified atom stereocenters. The maximum atomic E-state index is 6.85. The van der Waals surface area contributed by atoms with Gasteiger partial charge in [0, 0.05) is 50.7 Å². The topological polar surface area (TPSA) is 111 Å². The molecule has 0 saturated heterocycles. The van der Waals surface area contributed by atoms with E-state index in [4.69, 9.17) is 22.2 Å². The summed E-state index contributed by atoms with van der Waals surface area (Å²) in [6.07, 6.45) is 0. The van der Waals surface area contributed by atoms with E-state index in [1.807, 2.05) is 28.7 Å². The van der Waals surface area contributed by atoms with Crippen molar-refractivity contribution in [3.05, 3.63) is 87.9 Å². The lowest BCUT2D eigenvalue weighted by Crippen LogP contribution is -2.14. The summed E-state index contributed by atoms with van der Waals surface area (Å²) >= 11 is 3.55. The smallest absolute Gasteiger partial charge is 0.144 e. The second kappa shape index (κ2) is 8.23. The Morgan fingerprint density at radius 1 is 0.914 bits per heavy atom. The van der Waals surface area contributed by atoms with Gasteiger partial charge in [-0.3, -0.25) is 4.40 Å². The zero-order chi connectivity index (χ0) is 24.3. The Balaban J connectivity index is 1.80. The van der Waals surface area contributed by atoms with E-state index < -0.39 is 0 Å². The van der Waals surface area contributed by atoms with E-state index in [9.17, 15) is 0 Å². The summed E-state index contributed by atoms with van der Waals surface area (Å²) in [5.41, 5.74) is 30.3. The van der Waals surface area contributed by atoms with Gasteiger partial charge in [-0.1, -0.05) is 52.3 Å². The molecule has 7 heteroatoms. The molecule has 0 aliphatic heterocycles. The van der Waals surface area contributed by atoms with Gasteiger partial charge >= 0.3 is 0 Å². The standard InChI is InChI=1S/C28H25BrN6/c1-15-6-11-23-22(12-15)34-28-20(14-31)24(19(13-30)27(32)35(23)28)25-18-4-2-3-5-21(18)33-26(25)16-7-9-17(29)10-8-16/h2-12,33H,13-14,30-32H2,1H3. The zero-order valence-electron chi connectivity index (χ0n) is 19.3. The number of nitrogens with one attached hydrogen (secondary N) is 1. The lowest BCUT2D eigenvalue weighted by atomic mass is 9.91. The van der Waals surface area contributed by atoms with Crippen LogP contribution in [-0.2, 0) is 13.1 Å². The van der Waals surface area contributed by atoms with Gasteiger partial charge in [0.25, 0.3) is 0 Å². The van der Waals surface area contributed by atoms with E-state index in [0.717, 1.165) is 71.1 Å². The fourth-order valence-corrected chi connectivity index (χ4v) is 5.39. The number of hydrogen-bond donors (Lipinski definition) is 4. The first-order valence-corrected chi connectivity index (χ1v) is 12.3. The Morgan fingerprint density at radius 3 is 2.40 bits per heavy atom. The zero-order valence-corrected chi connectivity index (χ0v) is 20.9. The molecular weight excluding hydrogens is 500 g/mol. The summed E-state index contributed by atoms with van der Waals surface area (Å²) in [4.78, 5) is 8.63. The van der Waals surface area contributed by atoms with E-state index >= 15 is 0 Å². The van der Waals surface area contributed by atoms with E-state index in [1.54, 1.807) is 0 Å².